The van der Waals surface area contributed by atoms with Gasteiger partial charge in [-0.05, 0) is 66.9 Å². The molecule has 8 heteroatoms. The minimum atomic E-state index is -3.82. The number of benzene rings is 2. The summed E-state index contributed by atoms with van der Waals surface area (Å²) in [5, 5.41) is 2.89. The maximum absolute atomic E-state index is 13.0. The number of anilines is 1. The van der Waals surface area contributed by atoms with Crippen molar-refractivity contribution < 1.29 is 22.0 Å². The summed E-state index contributed by atoms with van der Waals surface area (Å²) in [6.07, 6.45) is 3.02. The monoisotopic (exact) mass is 414 g/mol. The molecule has 29 heavy (non-hydrogen) atoms. The molecule has 4 rings (SSSR count). The number of nitrogens with one attached hydrogen (secondary N) is 2. The van der Waals surface area contributed by atoms with Crippen LogP contribution in [-0.2, 0) is 26.8 Å². The molecule has 1 saturated carbocycles. The molecule has 0 saturated heterocycles. The van der Waals surface area contributed by atoms with Gasteiger partial charge in [-0.3, -0.25) is 9.52 Å². The van der Waals surface area contributed by atoms with Crippen LogP contribution in [0, 0.1) is 5.82 Å². The largest absolute Gasteiger partial charge is 0.467 e. The van der Waals surface area contributed by atoms with E-state index in [0.29, 0.717) is 18.0 Å². The van der Waals surface area contributed by atoms with E-state index in [1.807, 2.05) is 0 Å². The molecule has 0 spiro atoms. The SMILES string of the molecule is O=C(NCc1ccco1)C1(c2ccc(NS(=O)(=O)c3ccc(F)cc3)cc2)CC1. The summed E-state index contributed by atoms with van der Waals surface area (Å²) in [6.45, 7) is 0.323. The van der Waals surface area contributed by atoms with E-state index in [1.54, 1.807) is 42.7 Å². The van der Waals surface area contributed by atoms with E-state index in [1.165, 1.54) is 12.1 Å². The summed E-state index contributed by atoms with van der Waals surface area (Å²) in [4.78, 5) is 12.6. The van der Waals surface area contributed by atoms with Crippen LogP contribution in [0.5, 0.6) is 0 Å². The van der Waals surface area contributed by atoms with Crippen molar-refractivity contribution in [3.63, 3.8) is 0 Å². The zero-order valence-electron chi connectivity index (χ0n) is 15.4. The molecule has 0 radical (unpaired) electrons. The number of sulfonamides is 1. The summed E-state index contributed by atoms with van der Waals surface area (Å²) < 4.78 is 45.5. The lowest BCUT2D eigenvalue weighted by molar-refractivity contribution is -0.123. The first kappa shape index (κ1) is 19.2. The Bertz CT molecular complexity index is 1100. The van der Waals surface area contributed by atoms with Crippen LogP contribution in [0.15, 0.2) is 76.2 Å². The topological polar surface area (TPSA) is 88.4 Å². The maximum atomic E-state index is 13.0. The lowest BCUT2D eigenvalue weighted by Crippen LogP contribution is -2.34. The third kappa shape index (κ3) is 4.02. The van der Waals surface area contributed by atoms with E-state index in [0.717, 1.165) is 30.5 Å². The Morgan fingerprint density at radius 2 is 1.72 bits per heavy atom. The molecule has 2 aromatic carbocycles. The predicted octanol–water partition coefficient (Wildman–Crippen LogP) is 3.57. The Hall–Kier alpha value is -3.13. The van der Waals surface area contributed by atoms with E-state index in [-0.39, 0.29) is 10.8 Å². The van der Waals surface area contributed by atoms with E-state index in [9.17, 15) is 17.6 Å². The molecule has 0 aliphatic heterocycles. The molecule has 0 atom stereocenters. The molecule has 1 heterocycles. The summed E-state index contributed by atoms with van der Waals surface area (Å²) in [5.74, 6) is 0.0987. The van der Waals surface area contributed by atoms with Gasteiger partial charge in [0.05, 0.1) is 23.1 Å². The molecule has 1 amide bonds. The van der Waals surface area contributed by atoms with Crippen molar-refractivity contribution in [3.05, 3.63) is 84.1 Å². The number of hydrogen-bond donors (Lipinski definition) is 2. The molecule has 1 aliphatic carbocycles. The second kappa shape index (κ2) is 7.36. The average molecular weight is 414 g/mol. The summed E-state index contributed by atoms with van der Waals surface area (Å²) in [5.41, 5.74) is 0.616. The lowest BCUT2D eigenvalue weighted by atomic mass is 9.95. The van der Waals surface area contributed by atoms with E-state index in [4.69, 9.17) is 4.42 Å². The van der Waals surface area contributed by atoms with Crippen LogP contribution in [0.25, 0.3) is 0 Å². The van der Waals surface area contributed by atoms with Crippen LogP contribution in [0.3, 0.4) is 0 Å². The predicted molar refractivity (Wildman–Crippen MR) is 105 cm³/mol. The van der Waals surface area contributed by atoms with Gasteiger partial charge in [-0.25, -0.2) is 12.8 Å². The van der Waals surface area contributed by atoms with E-state index in [2.05, 4.69) is 10.0 Å². The minimum absolute atomic E-state index is 0.0288. The molecule has 3 aromatic rings. The van der Waals surface area contributed by atoms with E-state index < -0.39 is 21.3 Å². The van der Waals surface area contributed by atoms with Crippen molar-refractivity contribution in [1.29, 1.82) is 0 Å². The Balaban J connectivity index is 1.44. The van der Waals surface area contributed by atoms with Gasteiger partial charge in [-0.2, -0.15) is 0 Å². The fraction of sp³-hybridized carbons (Fsp3) is 0.190. The fourth-order valence-corrected chi connectivity index (χ4v) is 4.27. The average Bonchev–Trinajstić information content (AvgIpc) is 3.35. The second-order valence-corrected chi connectivity index (χ2v) is 8.66. The Morgan fingerprint density at radius 3 is 2.31 bits per heavy atom. The summed E-state index contributed by atoms with van der Waals surface area (Å²) in [7, 11) is -3.82. The highest BCUT2D eigenvalue weighted by Gasteiger charge is 2.51. The highest BCUT2D eigenvalue weighted by molar-refractivity contribution is 7.92. The summed E-state index contributed by atoms with van der Waals surface area (Å²) in [6, 6.07) is 14.9. The Kier molecular flexibility index (Phi) is 4.87. The van der Waals surface area contributed by atoms with E-state index >= 15 is 0 Å². The van der Waals surface area contributed by atoms with Gasteiger partial charge in [0.2, 0.25) is 5.91 Å². The van der Waals surface area contributed by atoms with Crippen molar-refractivity contribution >= 4 is 21.6 Å². The number of carbonyl (C=O) groups is 1. The molecular weight excluding hydrogens is 395 g/mol. The second-order valence-electron chi connectivity index (χ2n) is 6.98. The van der Waals surface area contributed by atoms with Gasteiger partial charge in [-0.15, -0.1) is 0 Å². The van der Waals surface area contributed by atoms with Gasteiger partial charge in [0.25, 0.3) is 10.0 Å². The third-order valence-electron chi connectivity index (χ3n) is 5.00. The van der Waals surface area contributed by atoms with Crippen LogP contribution in [-0.4, -0.2) is 14.3 Å². The number of hydrogen-bond acceptors (Lipinski definition) is 4. The maximum Gasteiger partial charge on any atom is 0.261 e. The minimum Gasteiger partial charge on any atom is -0.467 e. The van der Waals surface area contributed by atoms with Crippen molar-refractivity contribution in [1.82, 2.24) is 5.32 Å². The molecular formula is C21H19FN2O4S. The van der Waals surface area contributed by atoms with Gasteiger partial charge in [0.1, 0.15) is 11.6 Å². The normalized spacial score (nSPS) is 14.9. The molecule has 1 aliphatic rings. The molecule has 150 valence electrons. The van der Waals surface area contributed by atoms with Crippen LogP contribution < -0.4 is 10.0 Å². The number of furan rings is 1. The first-order valence-corrected chi connectivity index (χ1v) is 10.6. The van der Waals surface area contributed by atoms with Gasteiger partial charge >= 0.3 is 0 Å². The first-order valence-electron chi connectivity index (χ1n) is 9.09. The number of carbonyl (C=O) groups excluding carboxylic acids is 1. The van der Waals surface area contributed by atoms with Crippen molar-refractivity contribution in [2.75, 3.05) is 4.72 Å². The molecule has 0 bridgehead atoms. The van der Waals surface area contributed by atoms with Crippen LogP contribution >= 0.6 is 0 Å². The molecule has 2 N–H and O–H groups in total. The standard InChI is InChI=1S/C21H19FN2O4S/c22-16-5-9-19(10-6-16)29(26,27)24-17-7-3-15(4-8-17)21(11-12-21)20(25)23-14-18-2-1-13-28-18/h1-10,13,24H,11-12,14H2,(H,23,25). The van der Waals surface area contributed by atoms with Crippen LogP contribution in [0.4, 0.5) is 10.1 Å². The molecule has 0 unspecified atom stereocenters. The highest BCUT2D eigenvalue weighted by Crippen LogP contribution is 2.48. The van der Waals surface area contributed by atoms with Crippen LogP contribution in [0.1, 0.15) is 24.2 Å². The smallest absolute Gasteiger partial charge is 0.261 e. The quantitative estimate of drug-likeness (QED) is 0.619. The molecule has 6 nitrogen and oxygen atoms in total. The van der Waals surface area contributed by atoms with Crippen LogP contribution in [0.2, 0.25) is 0 Å². The Labute approximate surface area is 167 Å². The van der Waals surface area contributed by atoms with Gasteiger partial charge in [0.15, 0.2) is 0 Å². The summed E-state index contributed by atoms with van der Waals surface area (Å²) >= 11 is 0. The third-order valence-corrected chi connectivity index (χ3v) is 6.40. The highest BCUT2D eigenvalue weighted by atomic mass is 32.2. The number of amides is 1. The van der Waals surface area contributed by atoms with Crippen molar-refractivity contribution in [2.24, 2.45) is 0 Å². The molecule has 1 fully saturated rings. The van der Waals surface area contributed by atoms with Crippen molar-refractivity contribution in [2.45, 2.75) is 29.7 Å². The zero-order chi connectivity index (χ0) is 20.5. The molecule has 1 aromatic heterocycles. The Morgan fingerprint density at radius 1 is 1.03 bits per heavy atom. The first-order chi connectivity index (χ1) is 13.9. The number of halogens is 1. The fourth-order valence-electron chi connectivity index (χ4n) is 3.21. The zero-order valence-corrected chi connectivity index (χ0v) is 16.2. The van der Waals surface area contributed by atoms with Gasteiger partial charge in [0, 0.05) is 5.69 Å². The lowest BCUT2D eigenvalue weighted by Gasteiger charge is -2.16. The van der Waals surface area contributed by atoms with Crippen molar-refractivity contribution in [3.8, 4) is 0 Å². The van der Waals surface area contributed by atoms with Gasteiger partial charge in [-0.1, -0.05) is 12.1 Å². The van der Waals surface area contributed by atoms with Gasteiger partial charge < -0.3 is 9.73 Å². The number of rotatable bonds is 7.